The maximum Gasteiger partial charge on any atom is 0.322 e. The smallest absolute Gasteiger partial charge is 0.322 e. The molecule has 1 aromatic carbocycles. The molecule has 1 N–H and O–H groups in total. The summed E-state index contributed by atoms with van der Waals surface area (Å²) in [6, 6.07) is 7.40. The molecule has 0 bridgehead atoms. The van der Waals surface area contributed by atoms with E-state index in [1.54, 1.807) is 24.3 Å². The lowest BCUT2D eigenvalue weighted by Gasteiger charge is -2.34. The van der Waals surface area contributed by atoms with Crippen LogP contribution in [0.15, 0.2) is 30.5 Å². The number of carbonyl (C=O) groups excluding carboxylic acids is 1. The van der Waals surface area contributed by atoms with Crippen LogP contribution in [0.25, 0.3) is 0 Å². The first kappa shape index (κ1) is 17.9. The van der Waals surface area contributed by atoms with Crippen molar-refractivity contribution in [2.75, 3.05) is 36.5 Å². The van der Waals surface area contributed by atoms with E-state index in [2.05, 4.69) is 20.2 Å². The number of hydrogen-bond acceptors (Lipinski definition) is 5. The number of fused-ring (bicyclic) bond motifs is 1. The number of halogens is 1. The number of nitrogens with one attached hydrogen (secondary N) is 1. The number of carbonyl (C=O) groups is 1. The second kappa shape index (κ2) is 7.60. The number of urea groups is 1. The zero-order chi connectivity index (χ0) is 18.8. The van der Waals surface area contributed by atoms with Crippen molar-refractivity contribution in [3.8, 4) is 5.88 Å². The third-order valence-electron chi connectivity index (χ3n) is 5.04. The fourth-order valence-corrected chi connectivity index (χ4v) is 3.90. The van der Waals surface area contributed by atoms with Gasteiger partial charge >= 0.3 is 6.03 Å². The summed E-state index contributed by atoms with van der Waals surface area (Å²) in [5, 5.41) is 3.88. The lowest BCUT2D eigenvalue weighted by Crippen LogP contribution is -2.51. The van der Waals surface area contributed by atoms with Gasteiger partial charge in [0.1, 0.15) is 0 Å². The van der Waals surface area contributed by atoms with Crippen molar-refractivity contribution in [3.63, 3.8) is 0 Å². The molecule has 2 aliphatic heterocycles. The molecule has 1 fully saturated rings. The molecular formula is C19H22ClN5O2. The number of hydrogen-bond donors (Lipinski definition) is 1. The summed E-state index contributed by atoms with van der Waals surface area (Å²) in [5.41, 5.74) is 2.06. The Morgan fingerprint density at radius 2 is 2.22 bits per heavy atom. The number of ether oxygens (including phenoxy) is 1. The Morgan fingerprint density at radius 1 is 1.33 bits per heavy atom. The van der Waals surface area contributed by atoms with E-state index in [4.69, 9.17) is 16.3 Å². The van der Waals surface area contributed by atoms with Gasteiger partial charge in [0.25, 0.3) is 0 Å². The van der Waals surface area contributed by atoms with Crippen LogP contribution in [-0.4, -0.2) is 48.8 Å². The van der Waals surface area contributed by atoms with E-state index in [0.717, 1.165) is 37.1 Å². The van der Waals surface area contributed by atoms with Crippen LogP contribution in [0.3, 0.4) is 0 Å². The highest BCUT2D eigenvalue weighted by Gasteiger charge is 2.29. The minimum Gasteiger partial charge on any atom is -0.481 e. The van der Waals surface area contributed by atoms with Crippen molar-refractivity contribution in [3.05, 3.63) is 41.0 Å². The van der Waals surface area contributed by atoms with Crippen molar-refractivity contribution in [2.24, 2.45) is 0 Å². The van der Waals surface area contributed by atoms with Gasteiger partial charge in [-0.2, -0.15) is 4.98 Å². The molecule has 1 atom stereocenters. The number of nitrogens with zero attached hydrogens (tertiary/aromatic N) is 4. The Hall–Kier alpha value is -2.54. The average Bonchev–Trinajstić information content (AvgIpc) is 3.11. The Morgan fingerprint density at radius 3 is 3.07 bits per heavy atom. The first-order valence-electron chi connectivity index (χ1n) is 9.12. The molecule has 7 nitrogen and oxygen atoms in total. The molecule has 2 aliphatic rings. The standard InChI is InChI=1S/C19H22ClN5O2/c1-27-17-6-8-21-18(23-17)24-9-2-3-15(12-24)22-19(26)25-10-7-13-11-14(20)4-5-16(13)25/h4-6,8,11,15H,2-3,7,9-10,12H2,1H3,(H,22,26). The first-order chi connectivity index (χ1) is 13.1. The summed E-state index contributed by atoms with van der Waals surface area (Å²) in [7, 11) is 1.59. The van der Waals surface area contributed by atoms with E-state index in [1.807, 2.05) is 18.2 Å². The zero-order valence-corrected chi connectivity index (χ0v) is 15.9. The fourth-order valence-electron chi connectivity index (χ4n) is 3.71. The van der Waals surface area contributed by atoms with Crippen LogP contribution >= 0.6 is 11.6 Å². The number of amides is 2. The number of rotatable bonds is 3. The molecule has 8 heteroatoms. The molecule has 2 aromatic rings. The highest BCUT2D eigenvalue weighted by atomic mass is 35.5. The van der Waals surface area contributed by atoms with Gasteiger partial charge < -0.3 is 15.0 Å². The lowest BCUT2D eigenvalue weighted by molar-refractivity contribution is 0.241. The minimum atomic E-state index is -0.0607. The molecule has 1 saturated heterocycles. The highest BCUT2D eigenvalue weighted by molar-refractivity contribution is 6.30. The maximum atomic E-state index is 12.8. The average molecular weight is 388 g/mol. The summed E-state index contributed by atoms with van der Waals surface area (Å²) < 4.78 is 5.18. The van der Waals surface area contributed by atoms with Crippen LogP contribution in [0.1, 0.15) is 18.4 Å². The van der Waals surface area contributed by atoms with E-state index < -0.39 is 0 Å². The van der Waals surface area contributed by atoms with Crippen molar-refractivity contribution >= 4 is 29.3 Å². The number of benzene rings is 1. The molecule has 27 heavy (non-hydrogen) atoms. The minimum absolute atomic E-state index is 0.0531. The first-order valence-corrected chi connectivity index (χ1v) is 9.50. The molecule has 142 valence electrons. The predicted octanol–water partition coefficient (Wildman–Crippen LogP) is 2.88. The molecular weight excluding hydrogens is 366 g/mol. The number of methoxy groups -OCH3 is 1. The SMILES string of the molecule is COc1ccnc(N2CCCC(NC(=O)N3CCc4cc(Cl)ccc43)C2)n1. The molecule has 4 rings (SSSR count). The van der Waals surface area contributed by atoms with Crippen LogP contribution in [0.5, 0.6) is 5.88 Å². The molecule has 2 amide bonds. The summed E-state index contributed by atoms with van der Waals surface area (Å²) in [4.78, 5) is 25.4. The van der Waals surface area contributed by atoms with Gasteiger partial charge in [-0.15, -0.1) is 0 Å². The van der Waals surface area contributed by atoms with Crippen molar-refractivity contribution < 1.29 is 9.53 Å². The Kier molecular flexibility index (Phi) is 5.03. The molecule has 0 aliphatic carbocycles. The third kappa shape index (κ3) is 3.78. The summed E-state index contributed by atoms with van der Waals surface area (Å²) in [6.45, 7) is 2.22. The van der Waals surface area contributed by atoms with Crippen LogP contribution < -0.4 is 19.9 Å². The Bertz CT molecular complexity index is 847. The molecule has 1 aromatic heterocycles. The summed E-state index contributed by atoms with van der Waals surface area (Å²) in [5.74, 6) is 1.17. The van der Waals surface area contributed by atoms with Crippen molar-refractivity contribution in [1.82, 2.24) is 15.3 Å². The molecule has 0 radical (unpaired) electrons. The van der Waals surface area contributed by atoms with Crippen LogP contribution in [0, 0.1) is 0 Å². The monoisotopic (exact) mass is 387 g/mol. The molecule has 3 heterocycles. The largest absolute Gasteiger partial charge is 0.481 e. The molecule has 0 saturated carbocycles. The van der Waals surface area contributed by atoms with Gasteiger partial charge in [-0.1, -0.05) is 11.6 Å². The summed E-state index contributed by atoms with van der Waals surface area (Å²) >= 11 is 6.06. The van der Waals surface area contributed by atoms with Gasteiger partial charge in [-0.05, 0) is 43.0 Å². The fraction of sp³-hybridized carbons (Fsp3) is 0.421. The van der Waals surface area contributed by atoms with Gasteiger partial charge in [0.2, 0.25) is 11.8 Å². The quantitative estimate of drug-likeness (QED) is 0.876. The topological polar surface area (TPSA) is 70.6 Å². The number of piperidine rings is 1. The molecule has 1 unspecified atom stereocenters. The van der Waals surface area contributed by atoms with E-state index in [9.17, 15) is 4.79 Å². The lowest BCUT2D eigenvalue weighted by atomic mass is 10.1. The van der Waals surface area contributed by atoms with Crippen LogP contribution in [0.2, 0.25) is 5.02 Å². The predicted molar refractivity (Wildman–Crippen MR) is 105 cm³/mol. The second-order valence-electron chi connectivity index (χ2n) is 6.81. The number of aromatic nitrogens is 2. The van der Waals surface area contributed by atoms with Gasteiger partial charge in [-0.25, -0.2) is 9.78 Å². The highest BCUT2D eigenvalue weighted by Crippen LogP contribution is 2.30. The normalized spacial score (nSPS) is 19.0. The Balaban J connectivity index is 1.42. The van der Waals surface area contributed by atoms with E-state index >= 15 is 0 Å². The Labute approximate surface area is 163 Å². The molecule has 0 spiro atoms. The maximum absolute atomic E-state index is 12.8. The summed E-state index contributed by atoms with van der Waals surface area (Å²) in [6.07, 6.45) is 4.43. The van der Waals surface area contributed by atoms with Crippen molar-refractivity contribution in [1.29, 1.82) is 0 Å². The van der Waals surface area contributed by atoms with Gasteiger partial charge in [-0.3, -0.25) is 4.90 Å². The van der Waals surface area contributed by atoms with E-state index in [-0.39, 0.29) is 12.1 Å². The van der Waals surface area contributed by atoms with Crippen molar-refractivity contribution in [2.45, 2.75) is 25.3 Å². The zero-order valence-electron chi connectivity index (χ0n) is 15.2. The van der Waals surface area contributed by atoms with Crippen LogP contribution in [-0.2, 0) is 6.42 Å². The van der Waals surface area contributed by atoms with Gasteiger partial charge in [0, 0.05) is 48.6 Å². The van der Waals surface area contributed by atoms with Crippen LogP contribution in [0.4, 0.5) is 16.4 Å². The third-order valence-corrected chi connectivity index (χ3v) is 5.28. The van der Waals surface area contributed by atoms with E-state index in [0.29, 0.717) is 29.9 Å². The van der Waals surface area contributed by atoms with E-state index in [1.165, 1.54) is 0 Å². The second-order valence-corrected chi connectivity index (χ2v) is 7.24. The van der Waals surface area contributed by atoms with Gasteiger partial charge in [0.05, 0.1) is 7.11 Å². The van der Waals surface area contributed by atoms with Gasteiger partial charge in [0.15, 0.2) is 0 Å². The number of anilines is 2.